The largest absolute Gasteiger partial charge is 0.444 e. The zero-order valence-electron chi connectivity index (χ0n) is 19.2. The summed E-state index contributed by atoms with van der Waals surface area (Å²) in [6.45, 7) is 7.15. The summed E-state index contributed by atoms with van der Waals surface area (Å²) in [5.74, 6) is 0.471. The van der Waals surface area contributed by atoms with Crippen LogP contribution >= 0.6 is 11.6 Å². The van der Waals surface area contributed by atoms with Gasteiger partial charge in [0.05, 0.1) is 6.20 Å². The van der Waals surface area contributed by atoms with E-state index >= 15 is 0 Å². The van der Waals surface area contributed by atoms with Gasteiger partial charge in [0.15, 0.2) is 0 Å². The highest BCUT2D eigenvalue weighted by Gasteiger charge is 2.19. The Morgan fingerprint density at radius 3 is 2.33 bits per heavy atom. The molecule has 1 atom stereocenters. The Hall–Kier alpha value is -3.52. The summed E-state index contributed by atoms with van der Waals surface area (Å²) in [4.78, 5) is 24.5. The van der Waals surface area contributed by atoms with Crippen LogP contribution in [0.4, 0.5) is 21.1 Å². The summed E-state index contributed by atoms with van der Waals surface area (Å²) < 4.78 is 12.3. The molecule has 0 bridgehead atoms. The Balaban J connectivity index is 1.70. The molecule has 174 valence electrons. The van der Waals surface area contributed by atoms with Gasteiger partial charge in [-0.3, -0.25) is 15.3 Å². The molecule has 1 aromatic heterocycles. The Labute approximate surface area is 197 Å². The van der Waals surface area contributed by atoms with Crippen LogP contribution in [0.5, 0.6) is 0 Å². The van der Waals surface area contributed by atoms with E-state index in [1.165, 1.54) is 0 Å². The summed E-state index contributed by atoms with van der Waals surface area (Å²) >= 11 is 6.19. The van der Waals surface area contributed by atoms with E-state index in [0.717, 1.165) is 5.56 Å². The monoisotopic (exact) mass is 470 g/mol. The zero-order chi connectivity index (χ0) is 24.2. The third kappa shape index (κ3) is 6.49. The molecule has 0 radical (unpaired) electrons. The molecular weight excluding hydrogens is 444 g/mol. The summed E-state index contributed by atoms with van der Waals surface area (Å²) in [6.07, 6.45) is -0.0536. The van der Waals surface area contributed by atoms with Gasteiger partial charge in [-0.1, -0.05) is 41.9 Å². The van der Waals surface area contributed by atoms with Gasteiger partial charge in [-0.25, -0.2) is 9.59 Å². The predicted molar refractivity (Wildman–Crippen MR) is 128 cm³/mol. The second kappa shape index (κ2) is 9.95. The third-order valence-corrected chi connectivity index (χ3v) is 4.97. The lowest BCUT2D eigenvalue weighted by atomic mass is 10.1. The van der Waals surface area contributed by atoms with E-state index < -0.39 is 23.9 Å². The molecule has 0 saturated heterocycles. The molecule has 0 saturated carbocycles. The molecule has 0 aliphatic rings. The van der Waals surface area contributed by atoms with Gasteiger partial charge in [-0.2, -0.15) is 5.10 Å². The van der Waals surface area contributed by atoms with Crippen molar-refractivity contribution in [3.63, 3.8) is 0 Å². The van der Waals surface area contributed by atoms with E-state index in [1.807, 2.05) is 30.3 Å². The maximum atomic E-state index is 12.6. The van der Waals surface area contributed by atoms with Gasteiger partial charge in [0.25, 0.3) is 0 Å². The maximum absolute atomic E-state index is 12.6. The van der Waals surface area contributed by atoms with Crippen LogP contribution in [-0.2, 0) is 16.5 Å². The number of hydrogen-bond donors (Lipinski definition) is 2. The molecule has 1 unspecified atom stereocenters. The number of carbonyl (C=O) groups is 2. The summed E-state index contributed by atoms with van der Waals surface area (Å²) in [5.41, 5.74) is 2.21. The van der Waals surface area contributed by atoms with Crippen molar-refractivity contribution >= 4 is 35.3 Å². The minimum absolute atomic E-state index is 0.471. The lowest BCUT2D eigenvalue weighted by Gasteiger charge is -2.19. The number of rotatable bonds is 5. The van der Waals surface area contributed by atoms with Gasteiger partial charge in [-0.15, -0.1) is 0 Å². The van der Waals surface area contributed by atoms with Crippen molar-refractivity contribution in [1.82, 2.24) is 9.78 Å². The van der Waals surface area contributed by atoms with Crippen LogP contribution in [0.25, 0.3) is 11.1 Å². The fraction of sp³-hybridized carbons (Fsp3) is 0.292. The number of ether oxygens (including phenoxy) is 2. The van der Waals surface area contributed by atoms with Gasteiger partial charge in [0.1, 0.15) is 17.5 Å². The number of benzene rings is 2. The number of carbonyl (C=O) groups excluding carboxylic acids is 2. The number of amides is 2. The van der Waals surface area contributed by atoms with Gasteiger partial charge < -0.3 is 9.47 Å². The molecule has 3 aromatic rings. The topological polar surface area (TPSA) is 94.5 Å². The molecule has 3 rings (SSSR count). The highest BCUT2D eigenvalue weighted by Crippen LogP contribution is 2.30. The number of aryl methyl sites for hydroxylation is 1. The van der Waals surface area contributed by atoms with Crippen molar-refractivity contribution in [1.29, 1.82) is 0 Å². The van der Waals surface area contributed by atoms with Gasteiger partial charge in [-0.05, 0) is 51.5 Å². The van der Waals surface area contributed by atoms with Gasteiger partial charge >= 0.3 is 12.2 Å². The minimum atomic E-state index is -0.629. The fourth-order valence-corrected chi connectivity index (χ4v) is 3.40. The zero-order valence-corrected chi connectivity index (χ0v) is 19.9. The van der Waals surface area contributed by atoms with Crippen molar-refractivity contribution in [2.24, 2.45) is 7.05 Å². The molecule has 9 heteroatoms. The van der Waals surface area contributed by atoms with Crippen molar-refractivity contribution in [3.05, 3.63) is 65.3 Å². The van der Waals surface area contributed by atoms with Crippen molar-refractivity contribution in [2.45, 2.75) is 39.4 Å². The van der Waals surface area contributed by atoms with Crippen LogP contribution in [0.2, 0.25) is 5.02 Å². The molecule has 0 aliphatic carbocycles. The first-order valence-corrected chi connectivity index (χ1v) is 10.8. The van der Waals surface area contributed by atoms with E-state index in [9.17, 15) is 9.59 Å². The summed E-state index contributed by atoms with van der Waals surface area (Å²) in [7, 11) is 1.72. The summed E-state index contributed by atoms with van der Waals surface area (Å²) in [6, 6.07) is 14.3. The summed E-state index contributed by atoms with van der Waals surface area (Å²) in [5, 5.41) is 10.2. The van der Waals surface area contributed by atoms with Crippen LogP contribution in [0.3, 0.4) is 0 Å². The molecule has 2 N–H and O–H groups in total. The number of anilines is 2. The van der Waals surface area contributed by atoms with E-state index in [-0.39, 0.29) is 0 Å². The molecule has 2 aromatic carbocycles. The van der Waals surface area contributed by atoms with Crippen molar-refractivity contribution in [3.8, 4) is 11.1 Å². The quantitative estimate of drug-likeness (QED) is 0.450. The van der Waals surface area contributed by atoms with Crippen LogP contribution < -0.4 is 10.6 Å². The first-order valence-electron chi connectivity index (χ1n) is 10.4. The molecule has 8 nitrogen and oxygen atoms in total. The minimum Gasteiger partial charge on any atom is -0.444 e. The Morgan fingerprint density at radius 2 is 1.70 bits per heavy atom. The molecule has 33 heavy (non-hydrogen) atoms. The average molecular weight is 471 g/mol. The molecular formula is C24H27ClN4O4. The Kier molecular flexibility index (Phi) is 7.28. The van der Waals surface area contributed by atoms with Gasteiger partial charge in [0, 0.05) is 28.9 Å². The number of hydrogen-bond acceptors (Lipinski definition) is 5. The van der Waals surface area contributed by atoms with Crippen LogP contribution in [-0.4, -0.2) is 27.6 Å². The number of nitrogens with zero attached hydrogens (tertiary/aromatic N) is 2. The van der Waals surface area contributed by atoms with Crippen molar-refractivity contribution < 1.29 is 19.1 Å². The standard InChI is InChI=1S/C24H27ClN4O4/c1-15(18-8-6-7-9-20(18)25)32-22(30)28-21-19(14-26-29(21)5)16-10-12-17(13-11-16)27-23(31)33-24(2,3)4/h6-15H,1-5H3,(H,27,31)(H,28,30). The van der Waals surface area contributed by atoms with Gasteiger partial charge in [0.2, 0.25) is 0 Å². The van der Waals surface area contributed by atoms with Crippen LogP contribution in [0.15, 0.2) is 54.7 Å². The molecule has 0 spiro atoms. The Bertz CT molecular complexity index is 1140. The Morgan fingerprint density at radius 1 is 1.03 bits per heavy atom. The lowest BCUT2D eigenvalue weighted by Crippen LogP contribution is -2.27. The normalized spacial score (nSPS) is 12.1. The number of halogens is 1. The van der Waals surface area contributed by atoms with E-state index in [1.54, 1.807) is 63.8 Å². The molecule has 1 heterocycles. The predicted octanol–water partition coefficient (Wildman–Crippen LogP) is 6.40. The first kappa shape index (κ1) is 24.1. The van der Waals surface area contributed by atoms with Crippen LogP contribution in [0.1, 0.15) is 39.4 Å². The highest BCUT2D eigenvalue weighted by atomic mass is 35.5. The number of nitrogens with one attached hydrogen (secondary N) is 2. The average Bonchev–Trinajstić information content (AvgIpc) is 3.07. The number of aromatic nitrogens is 2. The second-order valence-electron chi connectivity index (χ2n) is 8.43. The maximum Gasteiger partial charge on any atom is 0.413 e. The first-order chi connectivity index (χ1) is 15.5. The van der Waals surface area contributed by atoms with Crippen molar-refractivity contribution in [2.75, 3.05) is 10.6 Å². The smallest absolute Gasteiger partial charge is 0.413 e. The molecule has 2 amide bonds. The fourth-order valence-electron chi connectivity index (χ4n) is 3.11. The third-order valence-electron chi connectivity index (χ3n) is 4.63. The van der Waals surface area contributed by atoms with E-state index in [2.05, 4.69) is 15.7 Å². The molecule has 0 aliphatic heterocycles. The molecule has 0 fully saturated rings. The van der Waals surface area contributed by atoms with E-state index in [0.29, 0.717) is 27.7 Å². The van der Waals surface area contributed by atoms with Crippen LogP contribution in [0, 0.1) is 0 Å². The second-order valence-corrected chi connectivity index (χ2v) is 8.84. The SMILES string of the molecule is CC(OC(=O)Nc1c(-c2ccc(NC(=O)OC(C)(C)C)cc2)cnn1C)c1ccccc1Cl. The lowest BCUT2D eigenvalue weighted by molar-refractivity contribution is 0.0636. The highest BCUT2D eigenvalue weighted by molar-refractivity contribution is 6.31. The van der Waals surface area contributed by atoms with E-state index in [4.69, 9.17) is 21.1 Å².